The molecule has 1 saturated heterocycles. The van der Waals surface area contributed by atoms with Gasteiger partial charge in [0.15, 0.2) is 0 Å². The molecule has 4 rings (SSSR count). The average molecular weight is 418 g/mol. The van der Waals surface area contributed by atoms with Gasteiger partial charge in [0.1, 0.15) is 18.9 Å². The molecule has 0 aromatic heterocycles. The van der Waals surface area contributed by atoms with E-state index in [-0.39, 0.29) is 4.91 Å². The first-order valence-electron chi connectivity index (χ1n) is 9.25. The van der Waals surface area contributed by atoms with Crippen molar-refractivity contribution < 1.29 is 19.1 Å². The van der Waals surface area contributed by atoms with Crippen LogP contribution in [0.15, 0.2) is 71.6 Å². The predicted octanol–water partition coefficient (Wildman–Crippen LogP) is 3.94. The highest BCUT2D eigenvalue weighted by Gasteiger charge is 2.36. The van der Waals surface area contributed by atoms with Gasteiger partial charge < -0.3 is 10.5 Å². The van der Waals surface area contributed by atoms with Crippen molar-refractivity contribution in [3.8, 4) is 5.75 Å². The minimum atomic E-state index is -0.740. The number of primary amides is 1. The van der Waals surface area contributed by atoms with E-state index in [1.54, 1.807) is 6.08 Å². The van der Waals surface area contributed by atoms with Crippen LogP contribution in [0.1, 0.15) is 11.1 Å². The zero-order valence-corrected chi connectivity index (χ0v) is 16.7. The summed E-state index contributed by atoms with van der Waals surface area (Å²) in [5, 5.41) is 1.36. The van der Waals surface area contributed by atoms with Crippen molar-refractivity contribution in [1.29, 1.82) is 0 Å². The SMILES string of the molecule is NC(=O)CN1C(=O)S/C(=C\c2c(OCc3ccccc3)ccc3ccccc23)C1=O. The van der Waals surface area contributed by atoms with Crippen LogP contribution in [0.3, 0.4) is 0 Å². The van der Waals surface area contributed by atoms with E-state index in [4.69, 9.17) is 10.5 Å². The molecule has 0 radical (unpaired) electrons. The number of thioether (sulfide) groups is 1. The van der Waals surface area contributed by atoms with Gasteiger partial charge in [0.2, 0.25) is 5.91 Å². The molecular formula is C23H18N2O4S. The summed E-state index contributed by atoms with van der Waals surface area (Å²) < 4.78 is 6.06. The second-order valence-electron chi connectivity index (χ2n) is 6.71. The molecule has 3 amide bonds. The zero-order chi connectivity index (χ0) is 21.1. The summed E-state index contributed by atoms with van der Waals surface area (Å²) in [5.41, 5.74) is 6.87. The van der Waals surface area contributed by atoms with Crippen LogP contribution in [0.25, 0.3) is 16.8 Å². The molecule has 0 bridgehead atoms. The Morgan fingerprint density at radius 1 is 1.00 bits per heavy atom. The fourth-order valence-corrected chi connectivity index (χ4v) is 4.03. The Labute approximate surface area is 177 Å². The predicted molar refractivity (Wildman–Crippen MR) is 117 cm³/mol. The number of nitrogens with zero attached hydrogens (tertiary/aromatic N) is 1. The molecule has 0 spiro atoms. The lowest BCUT2D eigenvalue weighted by Crippen LogP contribution is -2.36. The number of benzene rings is 3. The van der Waals surface area contributed by atoms with Gasteiger partial charge in [-0.2, -0.15) is 0 Å². The summed E-state index contributed by atoms with van der Waals surface area (Å²) in [6, 6.07) is 21.3. The summed E-state index contributed by atoms with van der Waals surface area (Å²) in [7, 11) is 0. The fourth-order valence-electron chi connectivity index (χ4n) is 3.21. The lowest BCUT2D eigenvalue weighted by atomic mass is 10.0. The quantitative estimate of drug-likeness (QED) is 0.613. The largest absolute Gasteiger partial charge is 0.488 e. The van der Waals surface area contributed by atoms with Gasteiger partial charge >= 0.3 is 0 Å². The fraction of sp³-hybridized carbons (Fsp3) is 0.0870. The normalized spacial score (nSPS) is 15.2. The van der Waals surface area contributed by atoms with Crippen molar-refractivity contribution >= 4 is 45.7 Å². The first-order valence-corrected chi connectivity index (χ1v) is 10.1. The Morgan fingerprint density at radius 3 is 2.50 bits per heavy atom. The van der Waals surface area contributed by atoms with Gasteiger partial charge in [-0.3, -0.25) is 19.3 Å². The number of carbonyl (C=O) groups excluding carboxylic acids is 3. The van der Waals surface area contributed by atoms with E-state index < -0.39 is 23.6 Å². The lowest BCUT2D eigenvalue weighted by Gasteiger charge is -2.13. The number of fused-ring (bicyclic) bond motifs is 1. The first kappa shape index (κ1) is 19.7. The van der Waals surface area contributed by atoms with Crippen LogP contribution in [-0.2, 0) is 16.2 Å². The highest BCUT2D eigenvalue weighted by Crippen LogP contribution is 2.36. The number of amides is 3. The molecule has 1 aliphatic heterocycles. The number of ether oxygens (including phenoxy) is 1. The number of hydrogen-bond donors (Lipinski definition) is 1. The van der Waals surface area contributed by atoms with Gasteiger partial charge in [-0.15, -0.1) is 0 Å². The maximum atomic E-state index is 12.6. The molecule has 3 aromatic carbocycles. The molecule has 2 N–H and O–H groups in total. The lowest BCUT2D eigenvalue weighted by molar-refractivity contribution is -0.127. The van der Waals surface area contributed by atoms with E-state index in [1.807, 2.05) is 66.7 Å². The summed E-state index contributed by atoms with van der Waals surface area (Å²) in [5.74, 6) is -0.680. The molecule has 0 aliphatic carbocycles. The average Bonchev–Trinajstić information content (AvgIpc) is 3.01. The molecule has 0 atom stereocenters. The van der Waals surface area contributed by atoms with Crippen molar-refractivity contribution in [2.24, 2.45) is 5.73 Å². The summed E-state index contributed by atoms with van der Waals surface area (Å²) >= 11 is 0.786. The van der Waals surface area contributed by atoms with Crippen LogP contribution < -0.4 is 10.5 Å². The second-order valence-corrected chi connectivity index (χ2v) is 7.70. The third-order valence-electron chi connectivity index (χ3n) is 4.63. The monoisotopic (exact) mass is 418 g/mol. The molecule has 150 valence electrons. The number of rotatable bonds is 6. The number of imide groups is 1. The molecule has 6 nitrogen and oxygen atoms in total. The smallest absolute Gasteiger partial charge is 0.294 e. The van der Waals surface area contributed by atoms with E-state index in [0.29, 0.717) is 17.9 Å². The first-order chi connectivity index (χ1) is 14.5. The van der Waals surface area contributed by atoms with Crippen molar-refractivity contribution in [3.05, 3.63) is 82.8 Å². The van der Waals surface area contributed by atoms with Crippen LogP contribution in [-0.4, -0.2) is 28.5 Å². The molecule has 30 heavy (non-hydrogen) atoms. The van der Waals surface area contributed by atoms with Gasteiger partial charge in [0.05, 0.1) is 4.91 Å². The third kappa shape index (κ3) is 4.06. The van der Waals surface area contributed by atoms with Crippen molar-refractivity contribution in [1.82, 2.24) is 4.90 Å². The van der Waals surface area contributed by atoms with Gasteiger partial charge in [-0.05, 0) is 40.2 Å². The van der Waals surface area contributed by atoms with Crippen molar-refractivity contribution in [2.45, 2.75) is 6.61 Å². The van der Waals surface area contributed by atoms with E-state index in [0.717, 1.165) is 33.0 Å². The van der Waals surface area contributed by atoms with E-state index in [9.17, 15) is 14.4 Å². The van der Waals surface area contributed by atoms with Crippen LogP contribution in [0.2, 0.25) is 0 Å². The maximum absolute atomic E-state index is 12.6. The van der Waals surface area contributed by atoms with E-state index in [2.05, 4.69) is 0 Å². The Kier molecular flexibility index (Phi) is 5.54. The molecule has 3 aromatic rings. The Balaban J connectivity index is 1.73. The summed E-state index contributed by atoms with van der Waals surface area (Å²) in [4.78, 5) is 37.1. The molecule has 0 saturated carbocycles. The van der Waals surface area contributed by atoms with Gasteiger partial charge in [0, 0.05) is 5.56 Å². The van der Waals surface area contributed by atoms with Gasteiger partial charge in [-0.25, -0.2) is 0 Å². The van der Waals surface area contributed by atoms with Gasteiger partial charge in [0.25, 0.3) is 11.1 Å². The van der Waals surface area contributed by atoms with Crippen molar-refractivity contribution in [3.63, 3.8) is 0 Å². The second kappa shape index (κ2) is 8.42. The molecular weight excluding hydrogens is 400 g/mol. The Morgan fingerprint density at radius 2 is 1.73 bits per heavy atom. The molecule has 1 heterocycles. The third-order valence-corrected chi connectivity index (χ3v) is 5.54. The Bertz CT molecular complexity index is 1170. The van der Waals surface area contributed by atoms with Crippen LogP contribution in [0.5, 0.6) is 5.75 Å². The minimum absolute atomic E-state index is 0.224. The van der Waals surface area contributed by atoms with Crippen LogP contribution >= 0.6 is 11.8 Å². The van der Waals surface area contributed by atoms with E-state index >= 15 is 0 Å². The highest BCUT2D eigenvalue weighted by molar-refractivity contribution is 8.18. The van der Waals surface area contributed by atoms with E-state index in [1.165, 1.54) is 0 Å². The standard InChI is InChI=1S/C23H18N2O4S/c24-21(26)13-25-22(27)20(30-23(25)28)12-18-17-9-5-4-8-16(17)10-11-19(18)29-14-15-6-2-1-3-7-15/h1-12H,13-14H2,(H2,24,26)/b20-12-. The number of nitrogens with two attached hydrogens (primary N) is 1. The maximum Gasteiger partial charge on any atom is 0.294 e. The summed E-state index contributed by atoms with van der Waals surface area (Å²) in [6.07, 6.45) is 1.65. The molecule has 1 aliphatic rings. The summed E-state index contributed by atoms with van der Waals surface area (Å²) in [6.45, 7) is -0.0713. The van der Waals surface area contributed by atoms with Crippen LogP contribution in [0, 0.1) is 0 Å². The number of carbonyl (C=O) groups is 3. The minimum Gasteiger partial charge on any atom is -0.488 e. The van der Waals surface area contributed by atoms with Crippen LogP contribution in [0.4, 0.5) is 4.79 Å². The Hall–Kier alpha value is -3.58. The molecule has 1 fully saturated rings. The highest BCUT2D eigenvalue weighted by atomic mass is 32.2. The topological polar surface area (TPSA) is 89.7 Å². The number of hydrogen-bond acceptors (Lipinski definition) is 5. The zero-order valence-electron chi connectivity index (χ0n) is 15.9. The van der Waals surface area contributed by atoms with Gasteiger partial charge in [-0.1, -0.05) is 60.7 Å². The van der Waals surface area contributed by atoms with Crippen molar-refractivity contribution in [2.75, 3.05) is 6.54 Å². The molecule has 0 unspecified atom stereocenters. The molecule has 7 heteroatoms.